The summed E-state index contributed by atoms with van der Waals surface area (Å²) in [5.74, 6) is 5.41. The van der Waals surface area contributed by atoms with E-state index in [2.05, 4.69) is 16.6 Å². The highest BCUT2D eigenvalue weighted by Gasteiger charge is 2.09. The van der Waals surface area contributed by atoms with Crippen molar-refractivity contribution in [3.8, 4) is 17.6 Å². The maximum atomic E-state index is 11.9. The average Bonchev–Trinajstić information content (AvgIpc) is 2.25. The van der Waals surface area contributed by atoms with Gasteiger partial charge in [-0.05, 0) is 24.6 Å². The molecule has 2 nitrogen and oxygen atoms in total. The lowest BCUT2D eigenvalue weighted by molar-refractivity contribution is -0.0499. The lowest BCUT2D eigenvalue weighted by Gasteiger charge is -2.10. The monoisotopic (exact) mass is 226 g/mol. The molecule has 0 aliphatic heterocycles. The van der Waals surface area contributed by atoms with Crippen LogP contribution in [0.5, 0.6) is 5.75 Å². The molecule has 0 aliphatic rings. The number of ether oxygens (including phenoxy) is 1. The molecule has 0 saturated carbocycles. The topological polar surface area (TPSA) is 29.5 Å². The van der Waals surface area contributed by atoms with Gasteiger partial charge in [0.15, 0.2) is 0 Å². The SMILES string of the molecule is CC#CCC(O)c1cccc(OC(F)F)c1. The molecule has 1 unspecified atom stereocenters. The van der Waals surface area contributed by atoms with E-state index in [-0.39, 0.29) is 12.2 Å². The third-order valence-corrected chi connectivity index (χ3v) is 1.94. The molecule has 0 radical (unpaired) electrons. The van der Waals surface area contributed by atoms with Crippen LogP contribution in [0.1, 0.15) is 25.0 Å². The summed E-state index contributed by atoms with van der Waals surface area (Å²) >= 11 is 0. The number of aliphatic hydroxyl groups excluding tert-OH is 1. The standard InChI is InChI=1S/C12H12F2O2/c1-2-3-7-11(15)9-5-4-6-10(8-9)16-12(13)14/h4-6,8,11-12,15H,7H2,1H3. The van der Waals surface area contributed by atoms with Crippen LogP contribution in [-0.2, 0) is 0 Å². The van der Waals surface area contributed by atoms with Crippen molar-refractivity contribution in [1.82, 2.24) is 0 Å². The minimum atomic E-state index is -2.86. The summed E-state index contributed by atoms with van der Waals surface area (Å²) in [4.78, 5) is 0. The van der Waals surface area contributed by atoms with E-state index in [1.807, 2.05) is 0 Å². The smallest absolute Gasteiger partial charge is 0.387 e. The Balaban J connectivity index is 2.75. The van der Waals surface area contributed by atoms with E-state index in [4.69, 9.17) is 0 Å². The molecule has 1 aromatic carbocycles. The van der Waals surface area contributed by atoms with Gasteiger partial charge in [0.05, 0.1) is 6.10 Å². The Labute approximate surface area is 92.9 Å². The molecule has 0 bridgehead atoms. The van der Waals surface area contributed by atoms with E-state index in [0.717, 1.165) is 0 Å². The van der Waals surface area contributed by atoms with Crippen molar-refractivity contribution >= 4 is 0 Å². The molecular formula is C12H12F2O2. The zero-order chi connectivity index (χ0) is 12.0. The van der Waals surface area contributed by atoms with Gasteiger partial charge in [0.1, 0.15) is 5.75 Å². The van der Waals surface area contributed by atoms with Crippen LogP contribution in [0.4, 0.5) is 8.78 Å². The Hall–Kier alpha value is -1.60. The first-order chi connectivity index (χ1) is 7.63. The summed E-state index contributed by atoms with van der Waals surface area (Å²) < 4.78 is 28.1. The van der Waals surface area contributed by atoms with E-state index in [0.29, 0.717) is 5.56 Å². The van der Waals surface area contributed by atoms with Gasteiger partial charge in [-0.15, -0.1) is 11.8 Å². The van der Waals surface area contributed by atoms with Crippen LogP contribution >= 0.6 is 0 Å². The Bertz CT molecular complexity index is 393. The second kappa shape index (κ2) is 6.09. The molecule has 1 rings (SSSR count). The predicted molar refractivity (Wildman–Crippen MR) is 56.1 cm³/mol. The largest absolute Gasteiger partial charge is 0.435 e. The van der Waals surface area contributed by atoms with E-state index in [1.165, 1.54) is 12.1 Å². The first-order valence-electron chi connectivity index (χ1n) is 4.76. The quantitative estimate of drug-likeness (QED) is 0.800. The summed E-state index contributed by atoms with van der Waals surface area (Å²) in [5.41, 5.74) is 0.515. The molecule has 0 saturated heterocycles. The van der Waals surface area contributed by atoms with Crippen LogP contribution in [0.3, 0.4) is 0 Å². The zero-order valence-corrected chi connectivity index (χ0v) is 8.78. The molecule has 1 aromatic rings. The number of hydrogen-bond acceptors (Lipinski definition) is 2. The number of benzene rings is 1. The highest BCUT2D eigenvalue weighted by molar-refractivity contribution is 5.30. The summed E-state index contributed by atoms with van der Waals surface area (Å²) in [6.45, 7) is -1.19. The minimum Gasteiger partial charge on any atom is -0.435 e. The van der Waals surface area contributed by atoms with Gasteiger partial charge in [-0.25, -0.2) is 0 Å². The summed E-state index contributed by atoms with van der Waals surface area (Å²) in [5, 5.41) is 9.66. The number of aliphatic hydroxyl groups is 1. The molecular weight excluding hydrogens is 214 g/mol. The fourth-order valence-corrected chi connectivity index (χ4v) is 1.21. The highest BCUT2D eigenvalue weighted by Crippen LogP contribution is 2.22. The molecule has 0 amide bonds. The highest BCUT2D eigenvalue weighted by atomic mass is 19.3. The van der Waals surface area contributed by atoms with Crippen molar-refractivity contribution in [2.24, 2.45) is 0 Å². The van der Waals surface area contributed by atoms with Gasteiger partial charge in [0.25, 0.3) is 0 Å². The second-order valence-corrected chi connectivity index (χ2v) is 3.10. The van der Waals surface area contributed by atoms with Crippen LogP contribution < -0.4 is 4.74 Å². The Morgan fingerprint density at radius 1 is 1.44 bits per heavy atom. The third kappa shape index (κ3) is 3.87. The van der Waals surface area contributed by atoms with Crippen LogP contribution in [0.2, 0.25) is 0 Å². The molecule has 1 N–H and O–H groups in total. The number of halogens is 2. The molecule has 0 heterocycles. The molecule has 1 atom stereocenters. The lowest BCUT2D eigenvalue weighted by Crippen LogP contribution is -2.03. The third-order valence-electron chi connectivity index (χ3n) is 1.94. The van der Waals surface area contributed by atoms with Gasteiger partial charge in [-0.1, -0.05) is 12.1 Å². The van der Waals surface area contributed by atoms with Crippen molar-refractivity contribution in [3.63, 3.8) is 0 Å². The van der Waals surface area contributed by atoms with Crippen LogP contribution in [0.25, 0.3) is 0 Å². The average molecular weight is 226 g/mol. The van der Waals surface area contributed by atoms with E-state index < -0.39 is 12.7 Å². The summed E-state index contributed by atoms with van der Waals surface area (Å²) in [6.07, 6.45) is -0.511. The minimum absolute atomic E-state index is 0.0380. The van der Waals surface area contributed by atoms with Gasteiger partial charge in [-0.2, -0.15) is 8.78 Å². The fourth-order valence-electron chi connectivity index (χ4n) is 1.21. The Morgan fingerprint density at radius 2 is 2.19 bits per heavy atom. The van der Waals surface area contributed by atoms with Crippen molar-refractivity contribution in [3.05, 3.63) is 29.8 Å². The second-order valence-electron chi connectivity index (χ2n) is 3.10. The van der Waals surface area contributed by atoms with Crippen molar-refractivity contribution in [2.45, 2.75) is 26.1 Å². The van der Waals surface area contributed by atoms with Gasteiger partial charge in [-0.3, -0.25) is 0 Å². The van der Waals surface area contributed by atoms with Crippen molar-refractivity contribution in [2.75, 3.05) is 0 Å². The van der Waals surface area contributed by atoms with Crippen molar-refractivity contribution < 1.29 is 18.6 Å². The van der Waals surface area contributed by atoms with E-state index in [9.17, 15) is 13.9 Å². The van der Waals surface area contributed by atoms with E-state index >= 15 is 0 Å². The predicted octanol–water partition coefficient (Wildman–Crippen LogP) is 2.73. The van der Waals surface area contributed by atoms with Gasteiger partial charge < -0.3 is 9.84 Å². The normalized spacial score (nSPS) is 11.8. The van der Waals surface area contributed by atoms with Crippen LogP contribution in [0.15, 0.2) is 24.3 Å². The van der Waals surface area contributed by atoms with Gasteiger partial charge in [0.2, 0.25) is 0 Å². The van der Waals surface area contributed by atoms with Crippen LogP contribution in [-0.4, -0.2) is 11.7 Å². The number of alkyl halides is 2. The maximum absolute atomic E-state index is 11.9. The molecule has 86 valence electrons. The molecule has 4 heteroatoms. The molecule has 0 aliphatic carbocycles. The molecule has 0 fully saturated rings. The first kappa shape index (κ1) is 12.5. The Morgan fingerprint density at radius 3 is 2.81 bits per heavy atom. The molecule has 16 heavy (non-hydrogen) atoms. The number of rotatable bonds is 4. The lowest BCUT2D eigenvalue weighted by atomic mass is 10.1. The van der Waals surface area contributed by atoms with Gasteiger partial charge in [0, 0.05) is 6.42 Å². The fraction of sp³-hybridized carbons (Fsp3) is 0.333. The van der Waals surface area contributed by atoms with E-state index in [1.54, 1.807) is 19.1 Å². The number of hydrogen-bond donors (Lipinski definition) is 1. The Kier molecular flexibility index (Phi) is 4.74. The van der Waals surface area contributed by atoms with Gasteiger partial charge >= 0.3 is 6.61 Å². The summed E-state index contributed by atoms with van der Waals surface area (Å²) in [6, 6.07) is 5.98. The maximum Gasteiger partial charge on any atom is 0.387 e. The molecule has 0 aromatic heterocycles. The van der Waals surface area contributed by atoms with Crippen LogP contribution in [0, 0.1) is 11.8 Å². The molecule has 0 spiro atoms. The van der Waals surface area contributed by atoms with Crippen molar-refractivity contribution in [1.29, 1.82) is 0 Å². The first-order valence-corrected chi connectivity index (χ1v) is 4.76. The summed E-state index contributed by atoms with van der Waals surface area (Å²) in [7, 11) is 0. The zero-order valence-electron chi connectivity index (χ0n) is 8.78.